The minimum atomic E-state index is -4.27. The summed E-state index contributed by atoms with van der Waals surface area (Å²) in [7, 11) is -4.27. The van der Waals surface area contributed by atoms with Gasteiger partial charge in [0.25, 0.3) is 0 Å². The molecular formula is C27H31N9O6S. The number of hydrogen-bond donors (Lipinski definition) is 2. The number of fused-ring (bicyclic) bond motifs is 3. The summed E-state index contributed by atoms with van der Waals surface area (Å²) in [5.41, 5.74) is 8.60. The van der Waals surface area contributed by atoms with Crippen LogP contribution in [0.3, 0.4) is 0 Å². The Morgan fingerprint density at radius 3 is 2.53 bits per heavy atom. The monoisotopic (exact) mass is 609 g/mol. The number of rotatable bonds is 6. The van der Waals surface area contributed by atoms with E-state index in [9.17, 15) is 23.1 Å². The lowest BCUT2D eigenvalue weighted by Crippen LogP contribution is -2.47. The SMILES string of the molecule is Cc1ccccc1S(=O)(=O)c1nc2[nH]ccc2c2c1nc(N(C(=O)O)C(=O)OC(C)(C)C)n2N1CCC(CN=[N+]=[N-])CC1. The molecule has 1 aromatic carbocycles. The van der Waals surface area contributed by atoms with Gasteiger partial charge >= 0.3 is 12.2 Å². The van der Waals surface area contributed by atoms with Crippen molar-refractivity contribution < 1.29 is 27.9 Å². The molecular weight excluding hydrogens is 578 g/mol. The molecule has 3 aromatic heterocycles. The molecule has 0 bridgehead atoms. The van der Waals surface area contributed by atoms with E-state index < -0.39 is 27.6 Å². The van der Waals surface area contributed by atoms with E-state index in [4.69, 9.17) is 10.3 Å². The van der Waals surface area contributed by atoms with Crippen molar-refractivity contribution in [3.05, 3.63) is 52.5 Å². The Kier molecular flexibility index (Phi) is 7.67. The number of ether oxygens (including phenoxy) is 1. The fourth-order valence-electron chi connectivity index (χ4n) is 5.16. The number of benzene rings is 1. The molecule has 43 heavy (non-hydrogen) atoms. The lowest BCUT2D eigenvalue weighted by Gasteiger charge is -2.35. The highest BCUT2D eigenvalue weighted by Gasteiger charge is 2.38. The molecule has 2 amide bonds. The summed E-state index contributed by atoms with van der Waals surface area (Å²) in [5.74, 6) is -0.264. The second kappa shape index (κ2) is 11.1. The Morgan fingerprint density at radius 1 is 1.21 bits per heavy atom. The number of sulfone groups is 1. The summed E-state index contributed by atoms with van der Waals surface area (Å²) >= 11 is 0. The van der Waals surface area contributed by atoms with E-state index in [-0.39, 0.29) is 38.5 Å². The molecule has 2 N–H and O–H groups in total. The zero-order valence-corrected chi connectivity index (χ0v) is 24.9. The van der Waals surface area contributed by atoms with Crippen molar-refractivity contribution in [1.82, 2.24) is 19.6 Å². The van der Waals surface area contributed by atoms with Crippen molar-refractivity contribution >= 4 is 50.0 Å². The number of H-pyrrole nitrogens is 1. The van der Waals surface area contributed by atoms with E-state index in [1.807, 2.05) is 0 Å². The van der Waals surface area contributed by atoms with E-state index in [2.05, 4.69) is 25.0 Å². The highest BCUT2D eigenvalue weighted by molar-refractivity contribution is 7.91. The number of imide groups is 1. The Bertz CT molecular complexity index is 1880. The third kappa shape index (κ3) is 5.53. The molecule has 226 valence electrons. The van der Waals surface area contributed by atoms with Gasteiger partial charge in [-0.25, -0.2) is 32.7 Å². The predicted octanol–water partition coefficient (Wildman–Crippen LogP) is 5.13. The zero-order valence-electron chi connectivity index (χ0n) is 24.1. The topological polar surface area (TPSA) is 199 Å². The minimum Gasteiger partial charge on any atom is -0.464 e. The molecule has 16 heteroatoms. The van der Waals surface area contributed by atoms with Crippen LogP contribution in [0, 0.1) is 12.8 Å². The summed E-state index contributed by atoms with van der Waals surface area (Å²) in [5, 5.41) is 15.8. The number of azide groups is 1. The number of anilines is 1. The van der Waals surface area contributed by atoms with Crippen molar-refractivity contribution in [3.8, 4) is 0 Å². The predicted molar refractivity (Wildman–Crippen MR) is 157 cm³/mol. The molecule has 4 aromatic rings. The maximum absolute atomic E-state index is 14.1. The van der Waals surface area contributed by atoms with Crippen LogP contribution < -0.4 is 9.91 Å². The van der Waals surface area contributed by atoms with Crippen molar-refractivity contribution in [2.24, 2.45) is 11.0 Å². The Labute approximate surface area is 246 Å². The Hall–Kier alpha value is -4.82. The zero-order chi connectivity index (χ0) is 31.1. The summed E-state index contributed by atoms with van der Waals surface area (Å²) in [4.78, 5) is 41.1. The number of imidazole rings is 1. The number of carbonyl (C=O) groups excluding carboxylic acids is 1. The van der Waals surface area contributed by atoms with Gasteiger partial charge in [-0.15, -0.1) is 4.90 Å². The van der Waals surface area contributed by atoms with E-state index in [1.165, 1.54) is 10.7 Å². The van der Waals surface area contributed by atoms with Crippen LogP contribution in [-0.4, -0.2) is 70.6 Å². The number of aromatic amines is 1. The molecule has 0 spiro atoms. The summed E-state index contributed by atoms with van der Waals surface area (Å²) < 4.78 is 35.1. The first-order valence-electron chi connectivity index (χ1n) is 13.6. The van der Waals surface area contributed by atoms with Gasteiger partial charge in [0, 0.05) is 36.1 Å². The van der Waals surface area contributed by atoms with E-state index >= 15 is 0 Å². The maximum Gasteiger partial charge on any atom is 0.427 e. The number of aromatic nitrogens is 4. The van der Waals surface area contributed by atoms with Gasteiger partial charge in [0.05, 0.1) is 4.90 Å². The van der Waals surface area contributed by atoms with Crippen LogP contribution in [0.25, 0.3) is 32.5 Å². The number of aryl methyl sites for hydroxylation is 1. The lowest BCUT2D eigenvalue weighted by molar-refractivity contribution is 0.0578. The van der Waals surface area contributed by atoms with E-state index in [0.717, 1.165) is 0 Å². The fourth-order valence-corrected chi connectivity index (χ4v) is 6.73. The molecule has 1 aliphatic rings. The standard InChI is InChI=1S/C27H31N9O6S/c1-16-7-5-6-8-19(16)43(40,41)23-20-21(18-9-12-29-22(18)32-23)36(34-13-10-17(11-14-34)15-30-33-28)24(31-20)35(25(37)38)26(39)42-27(2,3)4/h5-9,12,17H,10-11,13-15H2,1-4H3,(H,29,32)(H,37,38). The smallest absolute Gasteiger partial charge is 0.427 e. The number of nitrogens with zero attached hydrogens (tertiary/aromatic N) is 8. The van der Waals surface area contributed by atoms with Gasteiger partial charge in [-0.05, 0) is 69.7 Å². The molecule has 1 saturated heterocycles. The quantitative estimate of drug-likeness (QED) is 0.169. The maximum atomic E-state index is 14.1. The summed E-state index contributed by atoms with van der Waals surface area (Å²) in [6.45, 7) is 7.52. The molecule has 5 rings (SSSR count). The number of pyridine rings is 1. The van der Waals surface area contributed by atoms with Crippen LogP contribution in [0.2, 0.25) is 0 Å². The minimum absolute atomic E-state index is 0.0203. The molecule has 0 radical (unpaired) electrons. The van der Waals surface area contributed by atoms with Crippen LogP contribution >= 0.6 is 0 Å². The molecule has 0 saturated carbocycles. The number of carbonyl (C=O) groups is 2. The number of carboxylic acid groups (broad SMARTS) is 1. The molecule has 0 atom stereocenters. The van der Waals surface area contributed by atoms with Crippen molar-refractivity contribution in [2.45, 2.75) is 56.1 Å². The van der Waals surface area contributed by atoms with Gasteiger partial charge in [0.15, 0.2) is 5.03 Å². The van der Waals surface area contributed by atoms with Gasteiger partial charge in [0.2, 0.25) is 15.8 Å². The van der Waals surface area contributed by atoms with Crippen molar-refractivity contribution in [3.63, 3.8) is 0 Å². The Balaban J connectivity index is 1.80. The normalized spacial score (nSPS) is 14.6. The number of nitrogens with one attached hydrogen (secondary N) is 1. The average Bonchev–Trinajstić information content (AvgIpc) is 3.55. The van der Waals surface area contributed by atoms with Crippen LogP contribution in [0.4, 0.5) is 15.5 Å². The highest BCUT2D eigenvalue weighted by Crippen LogP contribution is 2.36. The third-order valence-electron chi connectivity index (χ3n) is 7.12. The van der Waals surface area contributed by atoms with Gasteiger partial charge in [0.1, 0.15) is 22.3 Å². The number of hydrogen-bond acceptors (Lipinski definition) is 9. The fraction of sp³-hybridized carbons (Fsp3) is 0.407. The van der Waals surface area contributed by atoms with Gasteiger partial charge in [-0.1, -0.05) is 23.3 Å². The van der Waals surface area contributed by atoms with Crippen molar-refractivity contribution in [1.29, 1.82) is 0 Å². The second-order valence-electron chi connectivity index (χ2n) is 11.3. The van der Waals surface area contributed by atoms with Crippen LogP contribution in [0.15, 0.2) is 51.6 Å². The average molecular weight is 610 g/mol. The first-order chi connectivity index (χ1) is 20.3. The number of piperidine rings is 1. The molecule has 4 heterocycles. The molecule has 1 aliphatic heterocycles. The van der Waals surface area contributed by atoms with E-state index in [1.54, 1.807) is 63.2 Å². The molecule has 1 fully saturated rings. The van der Waals surface area contributed by atoms with Gasteiger partial charge in [-0.3, -0.25) is 0 Å². The first-order valence-corrected chi connectivity index (χ1v) is 15.0. The first kappa shape index (κ1) is 29.7. The van der Waals surface area contributed by atoms with Crippen LogP contribution in [-0.2, 0) is 14.6 Å². The molecule has 0 unspecified atom stereocenters. The van der Waals surface area contributed by atoms with Crippen molar-refractivity contribution in [2.75, 3.05) is 29.5 Å². The van der Waals surface area contributed by atoms with E-state index in [0.29, 0.717) is 48.3 Å². The van der Waals surface area contributed by atoms with Crippen LogP contribution in [0.1, 0.15) is 39.2 Å². The third-order valence-corrected chi connectivity index (χ3v) is 8.95. The summed E-state index contributed by atoms with van der Waals surface area (Å²) in [6, 6.07) is 8.13. The number of amides is 2. The summed E-state index contributed by atoms with van der Waals surface area (Å²) in [6.07, 6.45) is -0.0874. The largest absolute Gasteiger partial charge is 0.464 e. The highest BCUT2D eigenvalue weighted by atomic mass is 32.2. The van der Waals surface area contributed by atoms with Gasteiger partial charge < -0.3 is 19.8 Å². The second-order valence-corrected chi connectivity index (χ2v) is 13.1. The lowest BCUT2D eigenvalue weighted by atomic mass is 9.98. The molecule has 0 aliphatic carbocycles. The molecule has 15 nitrogen and oxygen atoms in total. The van der Waals surface area contributed by atoms with Gasteiger partial charge in [-0.2, -0.15) is 0 Å². The Morgan fingerprint density at radius 2 is 1.91 bits per heavy atom. The van der Waals surface area contributed by atoms with Crippen LogP contribution in [0.5, 0.6) is 0 Å².